The molecule has 0 unspecified atom stereocenters. The lowest BCUT2D eigenvalue weighted by molar-refractivity contribution is -0.146. The predicted molar refractivity (Wildman–Crippen MR) is 97.6 cm³/mol. The summed E-state index contributed by atoms with van der Waals surface area (Å²) in [6.45, 7) is 3.03. The summed E-state index contributed by atoms with van der Waals surface area (Å²) in [6, 6.07) is 4.16. The van der Waals surface area contributed by atoms with Crippen LogP contribution in [0.5, 0.6) is 0 Å². The molecule has 2 amide bonds. The molecule has 1 aliphatic rings. The Kier molecular flexibility index (Phi) is 5.87. The van der Waals surface area contributed by atoms with Crippen molar-refractivity contribution in [2.75, 3.05) is 31.5 Å². The summed E-state index contributed by atoms with van der Waals surface area (Å²) in [4.78, 5) is 29.8. The number of nitrogens with zero attached hydrogens (tertiary/aromatic N) is 3. The van der Waals surface area contributed by atoms with Gasteiger partial charge in [0.1, 0.15) is 0 Å². The van der Waals surface area contributed by atoms with E-state index in [9.17, 15) is 22.8 Å². The van der Waals surface area contributed by atoms with Crippen molar-refractivity contribution in [1.29, 1.82) is 0 Å². The lowest BCUT2D eigenvalue weighted by Gasteiger charge is -2.26. The van der Waals surface area contributed by atoms with E-state index in [4.69, 9.17) is 0 Å². The van der Waals surface area contributed by atoms with E-state index in [0.717, 1.165) is 30.5 Å². The van der Waals surface area contributed by atoms with Crippen molar-refractivity contribution in [3.63, 3.8) is 0 Å². The molecule has 2 N–H and O–H groups in total. The Balaban J connectivity index is 1.58. The Morgan fingerprint density at radius 2 is 1.86 bits per heavy atom. The van der Waals surface area contributed by atoms with Gasteiger partial charge in [-0.2, -0.15) is 13.2 Å². The number of carbonyl (C=O) groups excluding carboxylic acids is 2. The minimum absolute atomic E-state index is 0.0816. The van der Waals surface area contributed by atoms with E-state index in [2.05, 4.69) is 20.5 Å². The molecule has 1 aromatic heterocycles. The molecule has 7 nitrogen and oxygen atoms in total. The molecule has 0 spiro atoms. The van der Waals surface area contributed by atoms with Crippen LogP contribution < -0.4 is 10.6 Å². The topological polar surface area (TPSA) is 79.3 Å². The maximum Gasteiger partial charge on any atom is 0.449 e. The number of nitrogens with one attached hydrogen (secondary N) is 2. The van der Waals surface area contributed by atoms with Crippen LogP contribution in [-0.4, -0.2) is 52.4 Å². The van der Waals surface area contributed by atoms with Crippen molar-refractivity contribution >= 4 is 28.5 Å². The Morgan fingerprint density at radius 3 is 2.54 bits per heavy atom. The van der Waals surface area contributed by atoms with Crippen LogP contribution in [0.15, 0.2) is 18.2 Å². The molecule has 1 fully saturated rings. The SMILES string of the molecule is Cn1c(C(F)(F)F)nc2cc(NC(=O)C(=O)NCCN3CCCCC3)ccc21. The summed E-state index contributed by atoms with van der Waals surface area (Å²) in [5.74, 6) is -2.68. The summed E-state index contributed by atoms with van der Waals surface area (Å²) in [7, 11) is 1.27. The summed E-state index contributed by atoms with van der Waals surface area (Å²) in [5, 5.41) is 4.95. The average molecular weight is 397 g/mol. The maximum atomic E-state index is 12.9. The highest BCUT2D eigenvalue weighted by molar-refractivity contribution is 6.39. The molecule has 1 aliphatic heterocycles. The first-order valence-electron chi connectivity index (χ1n) is 9.11. The van der Waals surface area contributed by atoms with Gasteiger partial charge in [-0.05, 0) is 44.1 Å². The van der Waals surface area contributed by atoms with Crippen LogP contribution in [-0.2, 0) is 22.8 Å². The number of benzene rings is 1. The average Bonchev–Trinajstić information content (AvgIpc) is 2.99. The Bertz CT molecular complexity index is 872. The van der Waals surface area contributed by atoms with Crippen molar-refractivity contribution in [3.05, 3.63) is 24.0 Å². The number of aryl methyl sites for hydroxylation is 1. The van der Waals surface area contributed by atoms with Crippen molar-refractivity contribution in [2.24, 2.45) is 7.05 Å². The van der Waals surface area contributed by atoms with Crippen molar-refractivity contribution in [2.45, 2.75) is 25.4 Å². The third-order valence-corrected chi connectivity index (χ3v) is 4.76. The first-order valence-corrected chi connectivity index (χ1v) is 9.11. The van der Waals surface area contributed by atoms with Crippen molar-refractivity contribution in [3.8, 4) is 0 Å². The molecule has 152 valence electrons. The highest BCUT2D eigenvalue weighted by Gasteiger charge is 2.36. The molecule has 10 heteroatoms. The largest absolute Gasteiger partial charge is 0.449 e. The fourth-order valence-corrected chi connectivity index (χ4v) is 3.31. The molecule has 2 aromatic rings. The van der Waals surface area contributed by atoms with Crippen molar-refractivity contribution < 1.29 is 22.8 Å². The minimum Gasteiger partial charge on any atom is -0.347 e. The maximum absolute atomic E-state index is 12.9. The zero-order valence-corrected chi connectivity index (χ0v) is 15.5. The van der Waals surface area contributed by atoms with Gasteiger partial charge in [0.2, 0.25) is 5.82 Å². The van der Waals surface area contributed by atoms with E-state index in [1.165, 1.54) is 31.7 Å². The predicted octanol–water partition coefficient (Wildman–Crippen LogP) is 2.13. The van der Waals surface area contributed by atoms with Crippen molar-refractivity contribution in [1.82, 2.24) is 19.8 Å². The van der Waals surface area contributed by atoms with Crippen LogP contribution >= 0.6 is 0 Å². The summed E-state index contributed by atoms with van der Waals surface area (Å²) in [6.07, 6.45) is -1.08. The number of likely N-dealkylation sites (tertiary alicyclic amines) is 1. The number of carbonyl (C=O) groups is 2. The molecule has 2 heterocycles. The van der Waals surface area contributed by atoms with Gasteiger partial charge >= 0.3 is 18.0 Å². The fraction of sp³-hybridized carbons (Fsp3) is 0.500. The Morgan fingerprint density at radius 1 is 1.14 bits per heavy atom. The van der Waals surface area contributed by atoms with Crippen LogP contribution in [0.1, 0.15) is 25.1 Å². The zero-order chi connectivity index (χ0) is 20.3. The van der Waals surface area contributed by atoms with Crippen LogP contribution in [0.2, 0.25) is 0 Å². The summed E-state index contributed by atoms with van der Waals surface area (Å²) < 4.78 is 39.8. The number of halogens is 3. The van der Waals surface area contributed by atoms with Gasteiger partial charge in [0, 0.05) is 25.8 Å². The number of piperidine rings is 1. The molecule has 28 heavy (non-hydrogen) atoms. The molecule has 1 aromatic carbocycles. The van der Waals surface area contributed by atoms with E-state index in [-0.39, 0.29) is 16.7 Å². The summed E-state index contributed by atoms with van der Waals surface area (Å²) >= 11 is 0. The number of imidazole rings is 1. The van der Waals surface area contributed by atoms with Gasteiger partial charge in [0.05, 0.1) is 11.0 Å². The van der Waals surface area contributed by atoms with E-state index >= 15 is 0 Å². The zero-order valence-electron chi connectivity index (χ0n) is 15.5. The smallest absolute Gasteiger partial charge is 0.347 e. The lowest BCUT2D eigenvalue weighted by atomic mass is 10.1. The summed E-state index contributed by atoms with van der Waals surface area (Å²) in [5.41, 5.74) is 0.560. The number of fused-ring (bicyclic) bond motifs is 1. The van der Waals surface area contributed by atoms with Gasteiger partial charge in [-0.3, -0.25) is 9.59 Å². The highest BCUT2D eigenvalue weighted by atomic mass is 19.4. The van der Waals surface area contributed by atoms with Gasteiger partial charge in [-0.25, -0.2) is 4.98 Å². The minimum atomic E-state index is -4.58. The van der Waals surface area contributed by atoms with Gasteiger partial charge in [0.25, 0.3) is 0 Å². The normalized spacial score (nSPS) is 15.6. The van der Waals surface area contributed by atoms with Crippen LogP contribution in [0.25, 0.3) is 11.0 Å². The lowest BCUT2D eigenvalue weighted by Crippen LogP contribution is -2.41. The van der Waals surface area contributed by atoms with Crippen LogP contribution in [0.3, 0.4) is 0 Å². The number of amides is 2. The molecule has 0 aliphatic carbocycles. The third kappa shape index (κ3) is 4.61. The first-order chi connectivity index (χ1) is 13.3. The number of rotatable bonds is 4. The molecular formula is C18H22F3N5O2. The third-order valence-electron chi connectivity index (χ3n) is 4.76. The van der Waals surface area contributed by atoms with E-state index in [1.54, 1.807) is 0 Å². The highest BCUT2D eigenvalue weighted by Crippen LogP contribution is 2.31. The molecular weight excluding hydrogens is 375 g/mol. The van der Waals surface area contributed by atoms with Crippen LogP contribution in [0, 0.1) is 0 Å². The number of anilines is 1. The van der Waals surface area contributed by atoms with Gasteiger partial charge in [0.15, 0.2) is 0 Å². The second kappa shape index (κ2) is 8.17. The fourth-order valence-electron chi connectivity index (χ4n) is 3.31. The Labute approximate surface area is 159 Å². The quantitative estimate of drug-likeness (QED) is 0.775. The number of hydrogen-bond donors (Lipinski definition) is 2. The molecule has 0 bridgehead atoms. The first kappa shape index (κ1) is 20.1. The Hall–Kier alpha value is -2.62. The number of aromatic nitrogens is 2. The van der Waals surface area contributed by atoms with Gasteiger partial charge in [-0.15, -0.1) is 0 Å². The monoisotopic (exact) mass is 397 g/mol. The van der Waals surface area contributed by atoms with Crippen LogP contribution in [0.4, 0.5) is 18.9 Å². The molecule has 0 saturated carbocycles. The van der Waals surface area contributed by atoms with Gasteiger partial charge in [-0.1, -0.05) is 6.42 Å². The molecule has 0 radical (unpaired) electrons. The number of alkyl halides is 3. The second-order valence-corrected chi connectivity index (χ2v) is 6.81. The molecule has 3 rings (SSSR count). The second-order valence-electron chi connectivity index (χ2n) is 6.81. The van der Waals surface area contributed by atoms with E-state index in [0.29, 0.717) is 13.1 Å². The number of hydrogen-bond acceptors (Lipinski definition) is 4. The molecule has 0 atom stereocenters. The standard InChI is InChI=1S/C18H22F3N5O2/c1-25-14-6-5-12(11-13(14)24-17(25)18(19,20)21)23-16(28)15(27)22-7-10-26-8-3-2-4-9-26/h5-6,11H,2-4,7-10H2,1H3,(H,22,27)(H,23,28). The van der Waals surface area contributed by atoms with E-state index < -0.39 is 23.8 Å². The molecule has 1 saturated heterocycles. The van der Waals surface area contributed by atoms with E-state index in [1.807, 2.05) is 0 Å². The van der Waals surface area contributed by atoms with Gasteiger partial charge < -0.3 is 20.1 Å².